The molecule has 0 unspecified atom stereocenters. The lowest BCUT2D eigenvalue weighted by atomic mass is 9.85. The molecule has 1 saturated heterocycles. The highest BCUT2D eigenvalue weighted by Gasteiger charge is 2.35. The first-order valence-corrected chi connectivity index (χ1v) is 10.8. The van der Waals surface area contributed by atoms with Crippen LogP contribution >= 0.6 is 11.8 Å². The van der Waals surface area contributed by atoms with Crippen LogP contribution in [0.3, 0.4) is 0 Å². The van der Waals surface area contributed by atoms with Crippen molar-refractivity contribution in [2.75, 3.05) is 22.6 Å². The number of carbonyl (C=O) groups excluding carboxylic acids is 2. The number of ether oxygens (including phenoxy) is 1. The summed E-state index contributed by atoms with van der Waals surface area (Å²) in [7, 11) is 0. The van der Waals surface area contributed by atoms with Crippen molar-refractivity contribution in [1.82, 2.24) is 0 Å². The Labute approximate surface area is 169 Å². The number of benzene rings is 2. The average Bonchev–Trinajstić information content (AvgIpc) is 3.03. The number of para-hydroxylation sites is 2. The summed E-state index contributed by atoms with van der Waals surface area (Å²) in [6.07, 6.45) is 3.11. The van der Waals surface area contributed by atoms with Gasteiger partial charge in [0, 0.05) is 11.6 Å². The molecule has 0 spiro atoms. The van der Waals surface area contributed by atoms with E-state index in [-0.39, 0.29) is 23.1 Å². The molecule has 1 aliphatic heterocycles. The van der Waals surface area contributed by atoms with Crippen LogP contribution in [-0.2, 0) is 9.59 Å². The predicted octanol–water partition coefficient (Wildman–Crippen LogP) is 4.60. The van der Waals surface area contributed by atoms with Crippen molar-refractivity contribution in [2.24, 2.45) is 5.92 Å². The molecule has 1 aliphatic carbocycles. The van der Waals surface area contributed by atoms with Gasteiger partial charge in [-0.2, -0.15) is 0 Å². The molecule has 4 rings (SSSR count). The van der Waals surface area contributed by atoms with E-state index in [0.29, 0.717) is 12.4 Å². The van der Waals surface area contributed by atoms with E-state index >= 15 is 0 Å². The highest BCUT2D eigenvalue weighted by molar-refractivity contribution is 8.00. The van der Waals surface area contributed by atoms with Crippen LogP contribution in [0.15, 0.2) is 48.5 Å². The zero-order valence-electron chi connectivity index (χ0n) is 15.9. The normalized spacial score (nSPS) is 19.4. The third kappa shape index (κ3) is 3.74. The van der Waals surface area contributed by atoms with E-state index in [1.165, 1.54) is 0 Å². The Morgan fingerprint density at radius 2 is 1.93 bits per heavy atom. The summed E-state index contributed by atoms with van der Waals surface area (Å²) < 4.78 is 5.73. The van der Waals surface area contributed by atoms with Crippen molar-refractivity contribution in [3.05, 3.63) is 54.1 Å². The second-order valence-corrected chi connectivity index (χ2v) is 8.14. The Morgan fingerprint density at radius 1 is 1.18 bits per heavy atom. The van der Waals surface area contributed by atoms with Crippen LogP contribution < -0.4 is 15.0 Å². The van der Waals surface area contributed by atoms with Gasteiger partial charge in [-0.3, -0.25) is 14.5 Å². The van der Waals surface area contributed by atoms with Gasteiger partial charge in [-0.15, -0.1) is 11.8 Å². The number of carbonyl (C=O) groups is 2. The molecule has 0 aromatic heterocycles. The predicted molar refractivity (Wildman–Crippen MR) is 113 cm³/mol. The Morgan fingerprint density at radius 3 is 2.61 bits per heavy atom. The lowest BCUT2D eigenvalue weighted by molar-refractivity contribution is -0.122. The van der Waals surface area contributed by atoms with Gasteiger partial charge in [0.05, 0.1) is 18.0 Å². The summed E-state index contributed by atoms with van der Waals surface area (Å²) in [5.41, 5.74) is 2.63. The van der Waals surface area contributed by atoms with Crippen LogP contribution in [-0.4, -0.2) is 24.2 Å². The second-order valence-electron chi connectivity index (χ2n) is 7.07. The highest BCUT2D eigenvalue weighted by Crippen LogP contribution is 2.45. The van der Waals surface area contributed by atoms with Crippen LogP contribution in [0.4, 0.5) is 11.4 Å². The molecule has 6 heteroatoms. The fraction of sp³-hybridized carbons (Fsp3) is 0.364. The maximum atomic E-state index is 12.6. The van der Waals surface area contributed by atoms with E-state index in [1.54, 1.807) is 11.8 Å². The van der Waals surface area contributed by atoms with Crippen LogP contribution in [0, 0.1) is 5.92 Å². The average molecular weight is 397 g/mol. The van der Waals surface area contributed by atoms with Gasteiger partial charge >= 0.3 is 0 Å². The molecule has 146 valence electrons. The standard InChI is InChI=1S/C22H24N2O3S/c1-2-27-19-9-4-3-8-18(19)24-20(25)14-28-22(24)16-10-12-17(13-11-16)23-21(26)15-6-5-7-15/h3-4,8-13,15,22H,2,5-7,14H2,1H3,(H,23,26)/t22-/m0/s1. The van der Waals surface area contributed by atoms with Gasteiger partial charge in [-0.1, -0.05) is 30.7 Å². The molecule has 2 aromatic carbocycles. The molecular weight excluding hydrogens is 372 g/mol. The first-order chi connectivity index (χ1) is 13.7. The Kier molecular flexibility index (Phi) is 5.57. The van der Waals surface area contributed by atoms with Crippen molar-refractivity contribution >= 4 is 35.0 Å². The molecule has 1 saturated carbocycles. The highest BCUT2D eigenvalue weighted by atomic mass is 32.2. The summed E-state index contributed by atoms with van der Waals surface area (Å²) in [5.74, 6) is 1.50. The molecule has 2 aromatic rings. The Bertz CT molecular complexity index is 864. The first kappa shape index (κ1) is 18.9. The summed E-state index contributed by atoms with van der Waals surface area (Å²) in [4.78, 5) is 26.6. The first-order valence-electron chi connectivity index (χ1n) is 9.73. The van der Waals surface area contributed by atoms with Crippen molar-refractivity contribution in [3.63, 3.8) is 0 Å². The van der Waals surface area contributed by atoms with Gasteiger partial charge in [-0.25, -0.2) is 0 Å². The van der Waals surface area contributed by atoms with E-state index in [2.05, 4.69) is 5.32 Å². The van der Waals surface area contributed by atoms with Crippen molar-refractivity contribution < 1.29 is 14.3 Å². The topological polar surface area (TPSA) is 58.6 Å². The monoisotopic (exact) mass is 396 g/mol. The van der Waals surface area contributed by atoms with E-state index < -0.39 is 0 Å². The minimum atomic E-state index is -0.106. The number of thioether (sulfide) groups is 1. The van der Waals surface area contributed by atoms with Crippen LogP contribution in [0.5, 0.6) is 5.75 Å². The largest absolute Gasteiger partial charge is 0.492 e. The van der Waals surface area contributed by atoms with Gasteiger partial charge in [0.1, 0.15) is 11.1 Å². The molecule has 0 radical (unpaired) electrons. The third-order valence-corrected chi connectivity index (χ3v) is 6.44. The van der Waals surface area contributed by atoms with Gasteiger partial charge < -0.3 is 10.1 Å². The number of hydrogen-bond acceptors (Lipinski definition) is 4. The molecule has 0 bridgehead atoms. The number of anilines is 2. The van der Waals surface area contributed by atoms with E-state index in [0.717, 1.165) is 42.0 Å². The lowest BCUT2D eigenvalue weighted by Crippen LogP contribution is -2.28. The van der Waals surface area contributed by atoms with E-state index in [9.17, 15) is 9.59 Å². The molecule has 2 amide bonds. The molecular formula is C22H24N2O3S. The molecule has 1 atom stereocenters. The fourth-order valence-electron chi connectivity index (χ4n) is 3.51. The van der Waals surface area contributed by atoms with Crippen molar-refractivity contribution in [2.45, 2.75) is 31.6 Å². The number of nitrogens with one attached hydrogen (secondary N) is 1. The quantitative estimate of drug-likeness (QED) is 0.775. The fourth-order valence-corrected chi connectivity index (χ4v) is 4.68. The maximum Gasteiger partial charge on any atom is 0.238 e. The minimum Gasteiger partial charge on any atom is -0.492 e. The molecule has 5 nitrogen and oxygen atoms in total. The molecule has 2 aliphatic rings. The zero-order valence-corrected chi connectivity index (χ0v) is 16.7. The third-order valence-electron chi connectivity index (χ3n) is 5.23. The van der Waals surface area contributed by atoms with Crippen LogP contribution in [0.2, 0.25) is 0 Å². The Balaban J connectivity index is 1.54. The molecule has 1 heterocycles. The molecule has 2 fully saturated rings. The molecule has 1 N–H and O–H groups in total. The number of rotatable bonds is 6. The maximum absolute atomic E-state index is 12.6. The lowest BCUT2D eigenvalue weighted by Gasteiger charge is -2.26. The molecule has 28 heavy (non-hydrogen) atoms. The van der Waals surface area contributed by atoms with E-state index in [4.69, 9.17) is 4.74 Å². The summed E-state index contributed by atoms with van der Waals surface area (Å²) >= 11 is 1.60. The van der Waals surface area contributed by atoms with Gasteiger partial charge in [0.25, 0.3) is 0 Å². The zero-order chi connectivity index (χ0) is 19.5. The minimum absolute atomic E-state index is 0.0736. The van der Waals surface area contributed by atoms with Crippen LogP contribution in [0.25, 0.3) is 0 Å². The van der Waals surface area contributed by atoms with Crippen molar-refractivity contribution in [3.8, 4) is 5.75 Å². The van der Waals surface area contributed by atoms with Gasteiger partial charge in [-0.05, 0) is 49.6 Å². The summed E-state index contributed by atoms with van der Waals surface area (Å²) in [6.45, 7) is 2.48. The number of nitrogens with zero attached hydrogens (tertiary/aromatic N) is 1. The number of amides is 2. The van der Waals surface area contributed by atoms with Crippen molar-refractivity contribution in [1.29, 1.82) is 0 Å². The Hall–Kier alpha value is -2.47. The summed E-state index contributed by atoms with van der Waals surface area (Å²) in [6, 6.07) is 15.5. The second kappa shape index (κ2) is 8.27. The van der Waals surface area contributed by atoms with E-state index in [1.807, 2.05) is 60.4 Å². The SMILES string of the molecule is CCOc1ccccc1N1C(=O)CS[C@H]1c1ccc(NC(=O)C2CCC2)cc1. The smallest absolute Gasteiger partial charge is 0.238 e. The summed E-state index contributed by atoms with van der Waals surface area (Å²) in [5, 5.41) is 2.89. The van der Waals surface area contributed by atoms with Gasteiger partial charge in [0.15, 0.2) is 0 Å². The van der Waals surface area contributed by atoms with Gasteiger partial charge in [0.2, 0.25) is 11.8 Å². The number of hydrogen-bond donors (Lipinski definition) is 1. The van der Waals surface area contributed by atoms with Crippen LogP contribution in [0.1, 0.15) is 37.1 Å².